The average molecular weight is 493 g/mol. The number of carbonyl (C=O) groups is 1. The van der Waals surface area contributed by atoms with E-state index >= 15 is 0 Å². The molecule has 0 saturated heterocycles. The predicted molar refractivity (Wildman–Crippen MR) is 107 cm³/mol. The molecule has 2 rings (SSSR count). The zero-order valence-corrected chi connectivity index (χ0v) is 17.2. The summed E-state index contributed by atoms with van der Waals surface area (Å²) in [6.45, 7) is -0.567. The Morgan fingerprint density at radius 2 is 2.11 bits per heavy atom. The summed E-state index contributed by atoms with van der Waals surface area (Å²) in [6.07, 6.45) is 1.31. The summed E-state index contributed by atoms with van der Waals surface area (Å²) in [5, 5.41) is 24.5. The minimum atomic E-state index is -0.723. The van der Waals surface area contributed by atoms with Gasteiger partial charge in [0.25, 0.3) is 5.91 Å². The van der Waals surface area contributed by atoms with Crippen molar-refractivity contribution in [3.63, 3.8) is 0 Å². The van der Waals surface area contributed by atoms with E-state index in [1.165, 1.54) is 25.5 Å². The summed E-state index contributed by atoms with van der Waals surface area (Å²) in [6, 6.07) is 5.39. The van der Waals surface area contributed by atoms with Crippen molar-refractivity contribution in [3.8, 4) is 17.2 Å². The fraction of sp³-hybridized carbons (Fsp3) is 0.125. The number of nitro benzene ring substituents is 1. The Labute approximate surface area is 177 Å². The molecule has 2 N–H and O–H groups in total. The number of amides is 1. The van der Waals surface area contributed by atoms with Gasteiger partial charge in [-0.25, -0.2) is 5.43 Å². The van der Waals surface area contributed by atoms with Crippen molar-refractivity contribution >= 4 is 56.9 Å². The van der Waals surface area contributed by atoms with Gasteiger partial charge < -0.3 is 14.6 Å². The normalized spacial score (nSPS) is 10.7. The van der Waals surface area contributed by atoms with Gasteiger partial charge in [0.05, 0.1) is 27.7 Å². The Kier molecular flexibility index (Phi) is 7.44. The lowest BCUT2D eigenvalue weighted by Gasteiger charge is -2.08. The van der Waals surface area contributed by atoms with Crippen LogP contribution in [0.25, 0.3) is 0 Å². The second kappa shape index (κ2) is 9.58. The first-order valence-corrected chi connectivity index (χ1v) is 8.92. The molecule has 0 atom stereocenters. The molecule has 12 heteroatoms. The van der Waals surface area contributed by atoms with Gasteiger partial charge in [-0.05, 0) is 39.7 Å². The first-order valence-electron chi connectivity index (χ1n) is 7.37. The number of halogens is 3. The largest absolute Gasteiger partial charge is 0.503 e. The van der Waals surface area contributed by atoms with Crippen molar-refractivity contribution in [1.29, 1.82) is 0 Å². The highest BCUT2D eigenvalue weighted by molar-refractivity contribution is 9.10. The summed E-state index contributed by atoms with van der Waals surface area (Å²) in [7, 11) is 1.39. The van der Waals surface area contributed by atoms with Gasteiger partial charge in [0.15, 0.2) is 18.1 Å². The van der Waals surface area contributed by atoms with E-state index in [0.29, 0.717) is 10.0 Å². The molecule has 0 aliphatic heterocycles. The van der Waals surface area contributed by atoms with Gasteiger partial charge in [-0.2, -0.15) is 5.10 Å². The molecule has 28 heavy (non-hydrogen) atoms. The van der Waals surface area contributed by atoms with Crippen LogP contribution in [0.5, 0.6) is 17.2 Å². The minimum Gasteiger partial charge on any atom is -0.503 e. The van der Waals surface area contributed by atoms with E-state index in [9.17, 15) is 20.0 Å². The summed E-state index contributed by atoms with van der Waals surface area (Å²) >= 11 is 14.8. The van der Waals surface area contributed by atoms with Gasteiger partial charge in [0.2, 0.25) is 5.75 Å². The molecule has 0 heterocycles. The number of aromatic hydroxyl groups is 1. The number of hydrogen-bond donors (Lipinski definition) is 2. The standard InChI is InChI=1S/C16H12BrCl2N3O6/c1-27-13-3-8(2-10(17)15(13)24)6-20-21-14(23)7-28-16-11(19)4-9(18)5-12(16)22(25)26/h2-6,24H,7H2,1H3,(H,21,23)/b20-6+. The molecular weight excluding hydrogens is 481 g/mol. The fourth-order valence-electron chi connectivity index (χ4n) is 2.00. The first kappa shape index (κ1) is 21.7. The van der Waals surface area contributed by atoms with Gasteiger partial charge in [0, 0.05) is 11.1 Å². The van der Waals surface area contributed by atoms with Crippen LogP contribution < -0.4 is 14.9 Å². The second-order valence-electron chi connectivity index (χ2n) is 5.13. The summed E-state index contributed by atoms with van der Waals surface area (Å²) in [4.78, 5) is 22.2. The molecule has 0 radical (unpaired) electrons. The Morgan fingerprint density at radius 1 is 1.39 bits per heavy atom. The number of carbonyl (C=O) groups excluding carboxylic acids is 1. The van der Waals surface area contributed by atoms with Crippen molar-refractivity contribution in [3.05, 3.63) is 54.5 Å². The Balaban J connectivity index is 2.02. The fourth-order valence-corrected chi connectivity index (χ4v) is 2.99. The van der Waals surface area contributed by atoms with Gasteiger partial charge in [-0.1, -0.05) is 23.2 Å². The van der Waals surface area contributed by atoms with E-state index in [-0.39, 0.29) is 27.3 Å². The third-order valence-corrected chi connectivity index (χ3v) is 4.31. The number of phenols is 1. The highest BCUT2D eigenvalue weighted by Crippen LogP contribution is 2.37. The number of ether oxygens (including phenoxy) is 2. The smallest absolute Gasteiger partial charge is 0.314 e. The van der Waals surface area contributed by atoms with Crippen LogP contribution in [0, 0.1) is 10.1 Å². The zero-order valence-electron chi connectivity index (χ0n) is 14.1. The maximum Gasteiger partial charge on any atom is 0.314 e. The maximum atomic E-state index is 11.8. The molecule has 1 amide bonds. The Hall–Kier alpha value is -2.56. The molecule has 2 aromatic carbocycles. The number of methoxy groups -OCH3 is 1. The van der Waals surface area contributed by atoms with E-state index in [2.05, 4.69) is 26.5 Å². The number of hydrogen-bond acceptors (Lipinski definition) is 7. The zero-order chi connectivity index (χ0) is 20.8. The lowest BCUT2D eigenvalue weighted by atomic mass is 10.2. The molecule has 148 valence electrons. The summed E-state index contributed by atoms with van der Waals surface area (Å²) < 4.78 is 10.5. The molecular formula is C16H12BrCl2N3O6. The van der Waals surface area contributed by atoms with Crippen molar-refractivity contribution in [2.45, 2.75) is 0 Å². The lowest BCUT2D eigenvalue weighted by molar-refractivity contribution is -0.385. The number of phenolic OH excluding ortho intramolecular Hbond substituents is 1. The molecule has 0 aliphatic rings. The number of nitro groups is 1. The number of hydrazone groups is 1. The van der Waals surface area contributed by atoms with E-state index in [4.69, 9.17) is 32.7 Å². The molecule has 9 nitrogen and oxygen atoms in total. The lowest BCUT2D eigenvalue weighted by Crippen LogP contribution is -2.24. The molecule has 0 unspecified atom stereocenters. The number of nitrogens with one attached hydrogen (secondary N) is 1. The molecule has 0 saturated carbocycles. The summed E-state index contributed by atoms with van der Waals surface area (Å²) in [5.74, 6) is -0.808. The Morgan fingerprint density at radius 3 is 2.75 bits per heavy atom. The van der Waals surface area contributed by atoms with Gasteiger partial charge >= 0.3 is 5.69 Å². The van der Waals surface area contributed by atoms with E-state index in [1.54, 1.807) is 6.07 Å². The van der Waals surface area contributed by atoms with Crippen LogP contribution in [0.15, 0.2) is 33.8 Å². The highest BCUT2D eigenvalue weighted by atomic mass is 79.9. The van der Waals surface area contributed by atoms with E-state index < -0.39 is 23.1 Å². The quantitative estimate of drug-likeness (QED) is 0.343. The van der Waals surface area contributed by atoms with Gasteiger partial charge in [-0.15, -0.1) is 0 Å². The van der Waals surface area contributed by atoms with Crippen molar-refractivity contribution < 1.29 is 24.3 Å². The number of rotatable bonds is 7. The molecule has 0 spiro atoms. The molecule has 0 aromatic heterocycles. The number of nitrogens with zero attached hydrogens (tertiary/aromatic N) is 2. The SMILES string of the molecule is COc1cc(/C=N/NC(=O)COc2c(Cl)cc(Cl)cc2[N+](=O)[O-])cc(Br)c1O. The van der Waals surface area contributed by atoms with E-state index in [0.717, 1.165) is 6.07 Å². The molecule has 2 aromatic rings. The average Bonchev–Trinajstić information content (AvgIpc) is 2.63. The minimum absolute atomic E-state index is 0.0635. The van der Waals surface area contributed by atoms with Crippen molar-refractivity contribution in [2.24, 2.45) is 5.10 Å². The monoisotopic (exact) mass is 491 g/mol. The van der Waals surface area contributed by atoms with Crippen molar-refractivity contribution in [1.82, 2.24) is 5.43 Å². The van der Waals surface area contributed by atoms with Crippen LogP contribution in [-0.4, -0.2) is 35.9 Å². The molecule has 0 fully saturated rings. The Bertz CT molecular complexity index is 954. The van der Waals surface area contributed by atoms with Gasteiger partial charge in [-0.3, -0.25) is 14.9 Å². The van der Waals surface area contributed by atoms with Crippen LogP contribution in [0.3, 0.4) is 0 Å². The van der Waals surface area contributed by atoms with Crippen LogP contribution in [0.1, 0.15) is 5.56 Å². The highest BCUT2D eigenvalue weighted by Gasteiger charge is 2.21. The predicted octanol–water partition coefficient (Wildman–Crippen LogP) is 3.91. The topological polar surface area (TPSA) is 123 Å². The van der Waals surface area contributed by atoms with Crippen molar-refractivity contribution in [2.75, 3.05) is 13.7 Å². The van der Waals surface area contributed by atoms with Crippen LogP contribution in [0.2, 0.25) is 10.0 Å². The van der Waals surface area contributed by atoms with Crippen LogP contribution >= 0.6 is 39.1 Å². The summed E-state index contributed by atoms with van der Waals surface area (Å²) in [5.41, 5.74) is 2.26. The van der Waals surface area contributed by atoms with E-state index in [1.807, 2.05) is 0 Å². The maximum absolute atomic E-state index is 11.8. The number of benzene rings is 2. The third kappa shape index (κ3) is 5.47. The third-order valence-electron chi connectivity index (χ3n) is 3.21. The van der Waals surface area contributed by atoms with Crippen LogP contribution in [-0.2, 0) is 4.79 Å². The van der Waals surface area contributed by atoms with Crippen LogP contribution in [0.4, 0.5) is 5.69 Å². The van der Waals surface area contributed by atoms with Gasteiger partial charge in [0.1, 0.15) is 0 Å². The first-order chi connectivity index (χ1) is 13.2. The molecule has 0 aliphatic carbocycles. The molecule has 0 bridgehead atoms. The second-order valence-corrected chi connectivity index (χ2v) is 6.83.